The van der Waals surface area contributed by atoms with Crippen LogP contribution >= 0.6 is 0 Å². The zero-order valence-electron chi connectivity index (χ0n) is 34.3. The second-order valence-electron chi connectivity index (χ2n) is 15.5. The Morgan fingerprint density at radius 3 is 1.63 bits per heavy atom. The number of H-pyrrole nitrogens is 2. The molecule has 2 fully saturated rings. The van der Waals surface area contributed by atoms with E-state index in [9.17, 15) is 19.2 Å². The fourth-order valence-electron chi connectivity index (χ4n) is 8.13. The maximum absolute atomic E-state index is 13.6. The average molecular weight is 805 g/mol. The number of methoxy groups -OCH3 is 3. The van der Waals surface area contributed by atoms with Crippen LogP contribution in [0, 0.1) is 5.92 Å². The number of hydrogen-bond acceptors (Lipinski definition) is 9. The summed E-state index contributed by atoms with van der Waals surface area (Å²) in [6, 6.07) is 18.9. The molecule has 0 aliphatic carbocycles. The van der Waals surface area contributed by atoms with Gasteiger partial charge < -0.3 is 44.6 Å². The molecule has 0 radical (unpaired) electrons. The lowest BCUT2D eigenvalue weighted by molar-refractivity contribution is -0.137. The minimum atomic E-state index is -0.895. The third-order valence-electron chi connectivity index (χ3n) is 11.5. The lowest BCUT2D eigenvalue weighted by Crippen LogP contribution is -2.54. The number of fused-ring (bicyclic) bond motifs is 1. The van der Waals surface area contributed by atoms with Crippen LogP contribution in [-0.2, 0) is 23.8 Å². The number of carbonyl (C=O) groups excluding carboxylic acids is 4. The molecule has 4 N–H and O–H groups in total. The summed E-state index contributed by atoms with van der Waals surface area (Å²) in [7, 11) is 4.05. The molecule has 0 saturated carbocycles. The minimum Gasteiger partial charge on any atom is -0.453 e. The molecule has 3 aromatic carbocycles. The van der Waals surface area contributed by atoms with Crippen molar-refractivity contribution in [2.75, 3.05) is 34.4 Å². The van der Waals surface area contributed by atoms with Gasteiger partial charge in [0.1, 0.15) is 23.7 Å². The van der Waals surface area contributed by atoms with Crippen molar-refractivity contribution in [1.82, 2.24) is 40.4 Å². The lowest BCUT2D eigenvalue weighted by atomic mass is 9.98. The van der Waals surface area contributed by atoms with Crippen molar-refractivity contribution in [3.05, 3.63) is 84.7 Å². The first kappa shape index (κ1) is 41.0. The van der Waals surface area contributed by atoms with Crippen LogP contribution in [0.15, 0.2) is 73.1 Å². The Labute approximate surface area is 343 Å². The Kier molecular flexibility index (Phi) is 12.3. The SMILES string of the molecule is COC(=O)NC(C(=O)N1CCC[C@H]1c1ncc(-c2ccc(-c3ccc4cc(-c5cnc([C@@H]6CCCN6C(=O)[C@@H](NC(=O)OC)C(C)C)[nH]5)ccc4c3)cc2)[nH]1)C(C)OC. The lowest BCUT2D eigenvalue weighted by Gasteiger charge is -2.30. The summed E-state index contributed by atoms with van der Waals surface area (Å²) in [4.78, 5) is 71.1. The minimum absolute atomic E-state index is 0.108. The highest BCUT2D eigenvalue weighted by Crippen LogP contribution is 2.35. The molecule has 4 heterocycles. The Balaban J connectivity index is 1.02. The van der Waals surface area contributed by atoms with Gasteiger partial charge in [0, 0.05) is 25.8 Å². The highest BCUT2D eigenvalue weighted by molar-refractivity contribution is 5.91. The van der Waals surface area contributed by atoms with E-state index in [1.165, 1.54) is 21.3 Å². The highest BCUT2D eigenvalue weighted by atomic mass is 16.5. The quantitative estimate of drug-likeness (QED) is 0.106. The van der Waals surface area contributed by atoms with Gasteiger partial charge in [-0.25, -0.2) is 19.6 Å². The smallest absolute Gasteiger partial charge is 0.407 e. The number of amides is 4. The van der Waals surface area contributed by atoms with E-state index < -0.39 is 30.4 Å². The Morgan fingerprint density at radius 2 is 1.10 bits per heavy atom. The zero-order chi connectivity index (χ0) is 41.8. The Bertz CT molecular complexity index is 2300. The number of ether oxygens (including phenoxy) is 3. The standard InChI is InChI=1S/C44H52N8O7/c1-25(2)37(49-43(55)58-5)41(53)51-19-7-9-35(51)40-46-24-34(48-40)32-18-17-30-21-29(15-16-31(30)22-32)27-11-13-28(14-12-27)33-23-45-39(47-33)36-10-8-20-52(36)42(54)38(26(3)57-4)50-44(56)59-6/h11-18,21-26,35-38H,7-10,19-20H2,1-6H3,(H,45,47)(H,46,48)(H,49,55)(H,50,56)/t26?,35-,36-,37-,38?/m0/s1. The number of rotatable bonds is 12. The van der Waals surface area contributed by atoms with Gasteiger partial charge in [-0.1, -0.05) is 62.4 Å². The fraction of sp³-hybridized carbons (Fsp3) is 0.409. The molecule has 2 unspecified atom stereocenters. The summed E-state index contributed by atoms with van der Waals surface area (Å²) in [5, 5.41) is 7.50. The molecule has 2 aliphatic rings. The number of benzene rings is 3. The Morgan fingerprint density at radius 1 is 0.644 bits per heavy atom. The summed E-state index contributed by atoms with van der Waals surface area (Å²) >= 11 is 0. The van der Waals surface area contributed by atoms with Crippen molar-refractivity contribution in [2.24, 2.45) is 5.92 Å². The number of nitrogens with one attached hydrogen (secondary N) is 4. The number of imidazole rings is 2. The largest absolute Gasteiger partial charge is 0.453 e. The first-order valence-electron chi connectivity index (χ1n) is 20.1. The fourth-order valence-corrected chi connectivity index (χ4v) is 8.13. The molecule has 15 nitrogen and oxygen atoms in total. The molecular weight excluding hydrogens is 753 g/mol. The Hall–Kier alpha value is -6.22. The molecule has 7 rings (SSSR count). The molecule has 5 aromatic rings. The number of hydrogen-bond donors (Lipinski definition) is 4. The monoisotopic (exact) mass is 804 g/mol. The number of aromatic nitrogens is 4. The van der Waals surface area contributed by atoms with Crippen LogP contribution < -0.4 is 10.6 Å². The molecule has 2 saturated heterocycles. The average Bonchev–Trinajstić information content (AvgIpc) is 4.10. The van der Waals surface area contributed by atoms with Crippen LogP contribution in [0.5, 0.6) is 0 Å². The van der Waals surface area contributed by atoms with E-state index in [1.54, 1.807) is 18.0 Å². The maximum Gasteiger partial charge on any atom is 0.407 e. The van der Waals surface area contributed by atoms with Crippen LogP contribution in [-0.4, -0.2) is 106 Å². The molecule has 5 atom stereocenters. The van der Waals surface area contributed by atoms with E-state index in [0.717, 1.165) is 75.9 Å². The van der Waals surface area contributed by atoms with Crippen LogP contribution in [0.25, 0.3) is 44.4 Å². The maximum atomic E-state index is 13.6. The van der Waals surface area contributed by atoms with Crippen LogP contribution in [0.3, 0.4) is 0 Å². The van der Waals surface area contributed by atoms with Crippen molar-refractivity contribution in [2.45, 2.75) is 76.7 Å². The van der Waals surface area contributed by atoms with Gasteiger partial charge in [0.05, 0.1) is 56.2 Å². The van der Waals surface area contributed by atoms with Crippen LogP contribution in [0.2, 0.25) is 0 Å². The van der Waals surface area contributed by atoms with Crippen molar-refractivity contribution < 1.29 is 33.4 Å². The van der Waals surface area contributed by atoms with E-state index in [0.29, 0.717) is 18.9 Å². The van der Waals surface area contributed by atoms with Crippen molar-refractivity contribution >= 4 is 34.8 Å². The number of aromatic amines is 2. The van der Waals surface area contributed by atoms with Gasteiger partial charge in [0.15, 0.2) is 0 Å². The van der Waals surface area contributed by atoms with Crippen LogP contribution in [0.1, 0.15) is 70.2 Å². The predicted molar refractivity (Wildman–Crippen MR) is 222 cm³/mol. The summed E-state index contributed by atoms with van der Waals surface area (Å²) in [5.41, 5.74) is 5.81. The second-order valence-corrected chi connectivity index (χ2v) is 15.5. The molecule has 310 valence electrons. The van der Waals surface area contributed by atoms with Gasteiger partial charge in [-0.05, 0) is 78.1 Å². The summed E-state index contributed by atoms with van der Waals surface area (Å²) in [6.45, 7) is 6.68. The topological polar surface area (TPSA) is 184 Å². The first-order chi connectivity index (χ1) is 28.5. The van der Waals surface area contributed by atoms with Gasteiger partial charge in [-0.2, -0.15) is 0 Å². The third kappa shape index (κ3) is 8.65. The molecule has 0 bridgehead atoms. The van der Waals surface area contributed by atoms with Crippen molar-refractivity contribution in [3.8, 4) is 33.6 Å². The third-order valence-corrected chi connectivity index (χ3v) is 11.5. The van der Waals surface area contributed by atoms with E-state index >= 15 is 0 Å². The number of likely N-dealkylation sites (tertiary alicyclic amines) is 2. The molecule has 4 amide bonds. The van der Waals surface area contributed by atoms with Crippen LogP contribution in [0.4, 0.5) is 9.59 Å². The number of carbonyl (C=O) groups is 4. The molecule has 2 aliphatic heterocycles. The van der Waals surface area contributed by atoms with Gasteiger partial charge in [-0.15, -0.1) is 0 Å². The van der Waals surface area contributed by atoms with Gasteiger partial charge >= 0.3 is 12.2 Å². The van der Waals surface area contributed by atoms with Crippen molar-refractivity contribution in [1.29, 1.82) is 0 Å². The first-order valence-corrected chi connectivity index (χ1v) is 20.1. The predicted octanol–water partition coefficient (Wildman–Crippen LogP) is 6.75. The molecule has 2 aromatic heterocycles. The molecule has 59 heavy (non-hydrogen) atoms. The van der Waals surface area contributed by atoms with Gasteiger partial charge in [-0.3, -0.25) is 9.59 Å². The molecular formula is C44H52N8O7. The van der Waals surface area contributed by atoms with Crippen molar-refractivity contribution in [3.63, 3.8) is 0 Å². The van der Waals surface area contributed by atoms with Gasteiger partial charge in [0.2, 0.25) is 11.8 Å². The van der Waals surface area contributed by atoms with E-state index in [1.807, 2.05) is 24.9 Å². The van der Waals surface area contributed by atoms with E-state index in [4.69, 9.17) is 19.2 Å². The second kappa shape index (κ2) is 17.7. The molecule has 0 spiro atoms. The van der Waals surface area contributed by atoms with E-state index in [2.05, 4.69) is 86.2 Å². The zero-order valence-corrected chi connectivity index (χ0v) is 34.3. The number of nitrogens with zero attached hydrogens (tertiary/aromatic N) is 4. The summed E-state index contributed by atoms with van der Waals surface area (Å²) < 4.78 is 14.9. The normalized spacial score (nSPS) is 18.2. The number of alkyl carbamates (subject to hydrolysis) is 2. The summed E-state index contributed by atoms with van der Waals surface area (Å²) in [5.74, 6) is 0.924. The van der Waals surface area contributed by atoms with E-state index in [-0.39, 0.29) is 29.8 Å². The summed E-state index contributed by atoms with van der Waals surface area (Å²) in [6.07, 6.45) is 4.92. The highest BCUT2D eigenvalue weighted by Gasteiger charge is 2.39. The van der Waals surface area contributed by atoms with Gasteiger partial charge in [0.25, 0.3) is 0 Å². The molecule has 15 heteroatoms.